The van der Waals surface area contributed by atoms with Crippen molar-refractivity contribution in [1.29, 1.82) is 0 Å². The molecule has 0 amide bonds. The zero-order valence-corrected chi connectivity index (χ0v) is 29.8. The minimum atomic E-state index is 0.513. The molecular formula is C50H33N5. The summed E-state index contributed by atoms with van der Waals surface area (Å²) in [7, 11) is 0. The normalized spacial score (nSPS) is 11.3. The first kappa shape index (κ1) is 32.2. The molecule has 3 aromatic heterocycles. The van der Waals surface area contributed by atoms with Crippen molar-refractivity contribution in [2.45, 2.75) is 0 Å². The summed E-state index contributed by atoms with van der Waals surface area (Å²) >= 11 is 0. The number of pyridine rings is 1. The molecular weight excluding hydrogens is 671 g/mol. The highest BCUT2D eigenvalue weighted by Gasteiger charge is 2.20. The number of hydrogen-bond acceptors (Lipinski definition) is 4. The molecule has 3 heterocycles. The van der Waals surface area contributed by atoms with E-state index in [4.69, 9.17) is 19.9 Å². The van der Waals surface area contributed by atoms with Crippen LogP contribution in [0.4, 0.5) is 0 Å². The lowest BCUT2D eigenvalue weighted by Gasteiger charge is -2.16. The lowest BCUT2D eigenvalue weighted by molar-refractivity contribution is 1.03. The maximum absolute atomic E-state index is 5.31. The average Bonchev–Trinajstić information content (AvgIpc) is 3.60. The molecule has 10 rings (SSSR count). The summed E-state index contributed by atoms with van der Waals surface area (Å²) in [6.07, 6.45) is 0. The Labute approximate surface area is 318 Å². The average molecular weight is 704 g/mol. The number of para-hydroxylation sites is 1. The summed E-state index contributed by atoms with van der Waals surface area (Å²) in [6, 6.07) is 69.4. The molecule has 10 aromatic rings. The molecule has 5 nitrogen and oxygen atoms in total. The molecule has 0 unspecified atom stereocenters. The molecule has 0 saturated carbocycles. The van der Waals surface area contributed by atoms with Gasteiger partial charge in [-0.25, -0.2) is 19.9 Å². The number of aromatic nitrogens is 5. The lowest BCUT2D eigenvalue weighted by Crippen LogP contribution is -2.03. The van der Waals surface area contributed by atoms with Crippen molar-refractivity contribution >= 4 is 21.8 Å². The largest absolute Gasteiger partial charge is 0.294 e. The fourth-order valence-corrected chi connectivity index (χ4v) is 7.52. The van der Waals surface area contributed by atoms with E-state index in [1.807, 2.05) is 72.8 Å². The Balaban J connectivity index is 1.21. The monoisotopic (exact) mass is 703 g/mol. The SMILES string of the molecule is c1ccc(-c2nc(-c3ccccc3)nc(-c3cccc(-n4c5ccccc5c5cc(-c6ccccc6)c(-c6ccccc6-c6ccccc6)cc54)n3)n2)cc1. The Kier molecular flexibility index (Phi) is 8.08. The van der Waals surface area contributed by atoms with Crippen LogP contribution in [0.3, 0.4) is 0 Å². The molecule has 7 aromatic carbocycles. The molecule has 0 saturated heterocycles. The van der Waals surface area contributed by atoms with Crippen molar-refractivity contribution in [2.24, 2.45) is 0 Å². The summed E-state index contributed by atoms with van der Waals surface area (Å²) in [6.45, 7) is 0. The number of rotatable bonds is 7. The number of hydrogen-bond donors (Lipinski definition) is 0. The zero-order chi connectivity index (χ0) is 36.6. The summed E-state index contributed by atoms with van der Waals surface area (Å²) < 4.78 is 2.27. The Hall–Kier alpha value is -7.50. The standard InChI is InChI=1S/C50H33N5/c1-5-18-34(19-6-1)38-26-13-14-27-39(38)42-33-46-43(32-41(42)35-20-7-2-8-21-35)40-28-15-16-30-45(40)55(46)47-31-17-29-44(51-47)50-53-48(36-22-9-3-10-23-36)52-49(54-50)37-24-11-4-12-25-37/h1-33H. The summed E-state index contributed by atoms with van der Waals surface area (Å²) in [5, 5.41) is 2.31. The quantitative estimate of drug-likeness (QED) is 0.166. The second-order valence-corrected chi connectivity index (χ2v) is 13.5. The van der Waals surface area contributed by atoms with E-state index in [-0.39, 0.29) is 0 Å². The van der Waals surface area contributed by atoms with Crippen LogP contribution < -0.4 is 0 Å². The molecule has 0 aliphatic carbocycles. The van der Waals surface area contributed by atoms with E-state index in [2.05, 4.69) is 132 Å². The molecule has 0 N–H and O–H groups in total. The highest BCUT2D eigenvalue weighted by Crippen LogP contribution is 2.43. The molecule has 258 valence electrons. The Morgan fingerprint density at radius 1 is 0.291 bits per heavy atom. The molecule has 0 fully saturated rings. The van der Waals surface area contributed by atoms with Gasteiger partial charge in [-0.3, -0.25) is 4.57 Å². The first-order valence-corrected chi connectivity index (χ1v) is 18.4. The van der Waals surface area contributed by atoms with E-state index in [0.29, 0.717) is 23.2 Å². The maximum atomic E-state index is 5.31. The van der Waals surface area contributed by atoms with E-state index in [0.717, 1.165) is 49.9 Å². The molecule has 0 aliphatic heterocycles. The number of nitrogens with zero attached hydrogens (tertiary/aromatic N) is 5. The van der Waals surface area contributed by atoms with E-state index in [9.17, 15) is 0 Å². The minimum absolute atomic E-state index is 0.513. The van der Waals surface area contributed by atoms with Gasteiger partial charge in [-0.2, -0.15) is 0 Å². The van der Waals surface area contributed by atoms with Crippen LogP contribution in [0, 0.1) is 0 Å². The summed E-state index contributed by atoms with van der Waals surface area (Å²) in [5.74, 6) is 2.49. The third kappa shape index (κ3) is 5.94. The lowest BCUT2D eigenvalue weighted by atomic mass is 9.88. The van der Waals surface area contributed by atoms with E-state index < -0.39 is 0 Å². The second-order valence-electron chi connectivity index (χ2n) is 13.5. The predicted octanol–water partition coefficient (Wildman–Crippen LogP) is 12.4. The van der Waals surface area contributed by atoms with Gasteiger partial charge in [0, 0.05) is 21.9 Å². The molecule has 0 spiro atoms. The second kappa shape index (κ2) is 13.8. The van der Waals surface area contributed by atoms with Crippen LogP contribution in [0.5, 0.6) is 0 Å². The van der Waals surface area contributed by atoms with Crippen molar-refractivity contribution in [2.75, 3.05) is 0 Å². The van der Waals surface area contributed by atoms with Gasteiger partial charge in [0.15, 0.2) is 17.5 Å². The highest BCUT2D eigenvalue weighted by molar-refractivity contribution is 6.13. The molecule has 5 heteroatoms. The van der Waals surface area contributed by atoms with Gasteiger partial charge in [-0.15, -0.1) is 0 Å². The predicted molar refractivity (Wildman–Crippen MR) is 225 cm³/mol. The first-order valence-electron chi connectivity index (χ1n) is 18.4. The third-order valence-corrected chi connectivity index (χ3v) is 10.1. The topological polar surface area (TPSA) is 56.5 Å². The minimum Gasteiger partial charge on any atom is -0.294 e. The van der Waals surface area contributed by atoms with Crippen molar-refractivity contribution in [1.82, 2.24) is 24.5 Å². The van der Waals surface area contributed by atoms with E-state index >= 15 is 0 Å². The van der Waals surface area contributed by atoms with Gasteiger partial charge in [0.1, 0.15) is 11.5 Å². The van der Waals surface area contributed by atoms with Gasteiger partial charge >= 0.3 is 0 Å². The molecule has 0 radical (unpaired) electrons. The van der Waals surface area contributed by atoms with Gasteiger partial charge in [0.2, 0.25) is 0 Å². The van der Waals surface area contributed by atoms with Gasteiger partial charge in [0.05, 0.1) is 11.0 Å². The molecule has 55 heavy (non-hydrogen) atoms. The summed E-state index contributed by atoms with van der Waals surface area (Å²) in [5.41, 5.74) is 11.6. The Bertz CT molecular complexity index is 2900. The van der Waals surface area contributed by atoms with Gasteiger partial charge in [-0.1, -0.05) is 170 Å². The summed E-state index contributed by atoms with van der Waals surface area (Å²) in [4.78, 5) is 20.2. The van der Waals surface area contributed by atoms with Crippen molar-refractivity contribution < 1.29 is 0 Å². The number of benzene rings is 7. The zero-order valence-electron chi connectivity index (χ0n) is 29.8. The van der Waals surface area contributed by atoms with Crippen LogP contribution in [0.1, 0.15) is 0 Å². The fraction of sp³-hybridized carbons (Fsp3) is 0. The smallest absolute Gasteiger partial charge is 0.182 e. The van der Waals surface area contributed by atoms with Crippen LogP contribution in [-0.4, -0.2) is 24.5 Å². The van der Waals surface area contributed by atoms with Crippen molar-refractivity contribution in [3.63, 3.8) is 0 Å². The van der Waals surface area contributed by atoms with Crippen LogP contribution in [0.2, 0.25) is 0 Å². The van der Waals surface area contributed by atoms with E-state index in [1.54, 1.807) is 0 Å². The maximum Gasteiger partial charge on any atom is 0.182 e. The molecule has 0 atom stereocenters. The molecule has 0 bridgehead atoms. The highest BCUT2D eigenvalue weighted by atomic mass is 15.1. The van der Waals surface area contributed by atoms with Crippen LogP contribution in [0.25, 0.3) is 95.3 Å². The van der Waals surface area contributed by atoms with Crippen molar-refractivity contribution in [3.8, 4) is 73.5 Å². The fourth-order valence-electron chi connectivity index (χ4n) is 7.52. The van der Waals surface area contributed by atoms with Gasteiger partial charge in [-0.05, 0) is 63.7 Å². The van der Waals surface area contributed by atoms with Crippen molar-refractivity contribution in [3.05, 3.63) is 200 Å². The van der Waals surface area contributed by atoms with E-state index in [1.165, 1.54) is 22.3 Å². The Morgan fingerprint density at radius 2 is 0.800 bits per heavy atom. The third-order valence-electron chi connectivity index (χ3n) is 10.1. The van der Waals surface area contributed by atoms with Crippen LogP contribution in [0.15, 0.2) is 200 Å². The Morgan fingerprint density at radius 3 is 1.44 bits per heavy atom. The number of fused-ring (bicyclic) bond motifs is 3. The van der Waals surface area contributed by atoms with Crippen LogP contribution >= 0.6 is 0 Å². The first-order chi connectivity index (χ1) is 27.3. The van der Waals surface area contributed by atoms with Gasteiger partial charge in [0.25, 0.3) is 0 Å². The van der Waals surface area contributed by atoms with Crippen LogP contribution in [-0.2, 0) is 0 Å². The molecule has 0 aliphatic rings. The van der Waals surface area contributed by atoms with Gasteiger partial charge < -0.3 is 0 Å².